The zero-order valence-electron chi connectivity index (χ0n) is 9.43. The molecule has 0 aromatic heterocycles. The van der Waals surface area contributed by atoms with E-state index in [4.69, 9.17) is 10.5 Å². The van der Waals surface area contributed by atoms with Gasteiger partial charge in [-0.15, -0.1) is 11.8 Å². The Balaban J connectivity index is 3.08. The zero-order valence-corrected chi connectivity index (χ0v) is 10.2. The molecule has 4 heteroatoms. The van der Waals surface area contributed by atoms with E-state index >= 15 is 0 Å². The van der Waals surface area contributed by atoms with E-state index in [2.05, 4.69) is 20.8 Å². The molecule has 0 spiro atoms. The van der Waals surface area contributed by atoms with Crippen molar-refractivity contribution in [3.05, 3.63) is 17.9 Å². The van der Waals surface area contributed by atoms with E-state index in [1.165, 1.54) is 13.2 Å². The molecule has 0 bridgehead atoms. The van der Waals surface area contributed by atoms with Gasteiger partial charge >= 0.3 is 0 Å². The predicted molar refractivity (Wildman–Crippen MR) is 63.0 cm³/mol. The van der Waals surface area contributed by atoms with Crippen molar-refractivity contribution in [2.45, 2.75) is 30.4 Å². The SMILES string of the molecule is COc1cc(SC(C)(C)C)c(N)cc1F. The molecule has 0 saturated heterocycles. The van der Waals surface area contributed by atoms with Crippen molar-refractivity contribution in [1.29, 1.82) is 0 Å². The molecule has 0 aliphatic rings. The van der Waals surface area contributed by atoms with Crippen LogP contribution >= 0.6 is 11.8 Å². The van der Waals surface area contributed by atoms with Crippen LogP contribution in [0.2, 0.25) is 0 Å². The number of nitrogen functional groups attached to an aromatic ring is 1. The molecule has 0 aliphatic heterocycles. The van der Waals surface area contributed by atoms with Crippen LogP contribution in [0.1, 0.15) is 20.8 Å². The molecule has 1 rings (SSSR count). The number of methoxy groups -OCH3 is 1. The molecule has 15 heavy (non-hydrogen) atoms. The maximum absolute atomic E-state index is 13.2. The number of hydrogen-bond donors (Lipinski definition) is 1. The van der Waals surface area contributed by atoms with E-state index in [0.29, 0.717) is 5.69 Å². The van der Waals surface area contributed by atoms with Crippen molar-refractivity contribution in [3.8, 4) is 5.75 Å². The molecule has 0 heterocycles. The Kier molecular flexibility index (Phi) is 3.50. The lowest BCUT2D eigenvalue weighted by Gasteiger charge is -2.19. The third-order valence-corrected chi connectivity index (χ3v) is 2.89. The van der Waals surface area contributed by atoms with Crippen LogP contribution in [-0.2, 0) is 0 Å². The molecule has 84 valence electrons. The number of benzene rings is 1. The second kappa shape index (κ2) is 4.31. The zero-order chi connectivity index (χ0) is 11.6. The maximum Gasteiger partial charge on any atom is 0.167 e. The van der Waals surface area contributed by atoms with Gasteiger partial charge in [0, 0.05) is 21.4 Å². The number of halogens is 1. The first-order valence-corrected chi connectivity index (χ1v) is 5.47. The van der Waals surface area contributed by atoms with Crippen molar-refractivity contribution >= 4 is 17.4 Å². The highest BCUT2D eigenvalue weighted by molar-refractivity contribution is 8.00. The summed E-state index contributed by atoms with van der Waals surface area (Å²) >= 11 is 1.59. The molecule has 0 radical (unpaired) electrons. The minimum atomic E-state index is -0.423. The Bertz CT molecular complexity index is 360. The quantitative estimate of drug-likeness (QED) is 0.624. The number of hydrogen-bond acceptors (Lipinski definition) is 3. The second-order valence-corrected chi connectivity index (χ2v) is 6.11. The summed E-state index contributed by atoms with van der Waals surface area (Å²) in [5.41, 5.74) is 6.19. The second-order valence-electron chi connectivity index (χ2n) is 4.24. The van der Waals surface area contributed by atoms with Crippen LogP contribution < -0.4 is 10.5 Å². The van der Waals surface area contributed by atoms with Gasteiger partial charge in [-0.1, -0.05) is 20.8 Å². The highest BCUT2D eigenvalue weighted by Crippen LogP contribution is 2.38. The fraction of sp³-hybridized carbons (Fsp3) is 0.455. The highest BCUT2D eigenvalue weighted by Gasteiger charge is 2.16. The van der Waals surface area contributed by atoms with Crippen LogP contribution in [0, 0.1) is 5.82 Å². The molecule has 0 fully saturated rings. The average Bonchev–Trinajstić information content (AvgIpc) is 2.07. The number of thioether (sulfide) groups is 1. The minimum absolute atomic E-state index is 0.0387. The summed E-state index contributed by atoms with van der Waals surface area (Å²) in [5, 5.41) is 0. The molecule has 0 unspecified atom stereocenters. The monoisotopic (exact) mass is 229 g/mol. The summed E-state index contributed by atoms with van der Waals surface area (Å²) in [5.74, 6) is -0.191. The standard InChI is InChI=1S/C11H16FNOS/c1-11(2,3)15-10-6-9(14-4)7(12)5-8(10)13/h5-6H,13H2,1-4H3. The molecular formula is C11H16FNOS. The summed E-state index contributed by atoms with van der Waals surface area (Å²) in [6.45, 7) is 6.23. The third-order valence-electron chi connectivity index (χ3n) is 1.70. The van der Waals surface area contributed by atoms with Crippen molar-refractivity contribution in [2.24, 2.45) is 0 Å². The predicted octanol–water partition coefficient (Wildman–Crippen LogP) is 3.31. The van der Waals surface area contributed by atoms with Crippen molar-refractivity contribution in [3.63, 3.8) is 0 Å². The van der Waals surface area contributed by atoms with Crippen LogP contribution in [0.5, 0.6) is 5.75 Å². The van der Waals surface area contributed by atoms with Crippen LogP contribution in [0.25, 0.3) is 0 Å². The molecule has 1 aromatic carbocycles. The fourth-order valence-electron chi connectivity index (χ4n) is 1.12. The van der Waals surface area contributed by atoms with Gasteiger partial charge < -0.3 is 10.5 Å². The molecule has 2 N–H and O–H groups in total. The van der Waals surface area contributed by atoms with Gasteiger partial charge in [0.2, 0.25) is 0 Å². The van der Waals surface area contributed by atoms with Crippen LogP contribution in [-0.4, -0.2) is 11.9 Å². The lowest BCUT2D eigenvalue weighted by Crippen LogP contribution is -2.08. The third kappa shape index (κ3) is 3.30. The van der Waals surface area contributed by atoms with Gasteiger partial charge in [0.25, 0.3) is 0 Å². The van der Waals surface area contributed by atoms with Gasteiger partial charge in [-0.05, 0) is 6.07 Å². The lowest BCUT2D eigenvalue weighted by atomic mass is 10.2. The van der Waals surface area contributed by atoms with Gasteiger partial charge in [-0.25, -0.2) is 4.39 Å². The van der Waals surface area contributed by atoms with E-state index in [1.54, 1.807) is 17.8 Å². The van der Waals surface area contributed by atoms with Gasteiger partial charge in [0.15, 0.2) is 11.6 Å². The van der Waals surface area contributed by atoms with Crippen LogP contribution in [0.3, 0.4) is 0 Å². The van der Waals surface area contributed by atoms with E-state index in [1.807, 2.05) is 0 Å². The number of anilines is 1. The summed E-state index contributed by atoms with van der Waals surface area (Å²) in [7, 11) is 1.44. The van der Waals surface area contributed by atoms with Crippen LogP contribution in [0.4, 0.5) is 10.1 Å². The highest BCUT2D eigenvalue weighted by atomic mass is 32.2. The first-order chi connectivity index (χ1) is 6.83. The first kappa shape index (κ1) is 12.2. The van der Waals surface area contributed by atoms with E-state index in [0.717, 1.165) is 4.90 Å². The Morgan fingerprint density at radius 2 is 1.93 bits per heavy atom. The number of rotatable bonds is 2. The summed E-state index contributed by atoms with van der Waals surface area (Å²) in [6, 6.07) is 2.94. The molecular weight excluding hydrogens is 213 g/mol. The van der Waals surface area contributed by atoms with Gasteiger partial charge in [-0.2, -0.15) is 0 Å². The van der Waals surface area contributed by atoms with E-state index in [9.17, 15) is 4.39 Å². The molecule has 0 amide bonds. The Hall–Kier alpha value is -0.900. The smallest absolute Gasteiger partial charge is 0.167 e. The Labute approximate surface area is 94.0 Å². The summed E-state index contributed by atoms with van der Waals surface area (Å²) in [4.78, 5) is 0.848. The average molecular weight is 229 g/mol. The topological polar surface area (TPSA) is 35.2 Å². The molecule has 2 nitrogen and oxygen atoms in total. The first-order valence-electron chi connectivity index (χ1n) is 4.65. The van der Waals surface area contributed by atoms with Crippen LogP contribution in [0.15, 0.2) is 17.0 Å². The molecule has 0 atom stereocenters. The van der Waals surface area contributed by atoms with Crippen molar-refractivity contribution < 1.29 is 9.13 Å². The molecule has 0 aliphatic carbocycles. The van der Waals surface area contributed by atoms with E-state index in [-0.39, 0.29) is 10.5 Å². The van der Waals surface area contributed by atoms with Gasteiger partial charge in [0.05, 0.1) is 7.11 Å². The van der Waals surface area contributed by atoms with Crippen molar-refractivity contribution in [2.75, 3.05) is 12.8 Å². The fourth-order valence-corrected chi connectivity index (χ4v) is 2.13. The molecule has 0 saturated carbocycles. The minimum Gasteiger partial charge on any atom is -0.494 e. The number of nitrogens with two attached hydrogens (primary N) is 1. The summed E-state index contributed by atoms with van der Waals surface area (Å²) in [6.07, 6.45) is 0. The van der Waals surface area contributed by atoms with Gasteiger partial charge in [0.1, 0.15) is 0 Å². The Morgan fingerprint density at radius 3 is 2.40 bits per heavy atom. The van der Waals surface area contributed by atoms with E-state index < -0.39 is 5.82 Å². The normalized spacial score (nSPS) is 11.5. The largest absolute Gasteiger partial charge is 0.494 e. The lowest BCUT2D eigenvalue weighted by molar-refractivity contribution is 0.385. The Morgan fingerprint density at radius 1 is 1.33 bits per heavy atom. The van der Waals surface area contributed by atoms with Crippen molar-refractivity contribution in [1.82, 2.24) is 0 Å². The molecule has 1 aromatic rings. The summed E-state index contributed by atoms with van der Waals surface area (Å²) < 4.78 is 18.2. The maximum atomic E-state index is 13.2. The number of ether oxygens (including phenoxy) is 1. The van der Waals surface area contributed by atoms with Gasteiger partial charge in [-0.3, -0.25) is 0 Å².